The minimum atomic E-state index is -0.576. The molecular weight excluding hydrogens is 240 g/mol. The molecule has 0 saturated carbocycles. The zero-order chi connectivity index (χ0) is 11.3. The standard InChI is InChI=1S/C7H9ClN4O2S/c1-4-5(15-12-11-4)3-9-7(14)10-6(13)2-8/h2-3H2,1H3,(H2,9,10,13,14). The first-order chi connectivity index (χ1) is 7.13. The number of amides is 3. The predicted octanol–water partition coefficient (Wildman–Crippen LogP) is 0.411. The van der Waals surface area contributed by atoms with Crippen molar-refractivity contribution in [2.45, 2.75) is 13.5 Å². The number of rotatable bonds is 3. The summed E-state index contributed by atoms with van der Waals surface area (Å²) in [7, 11) is 0. The van der Waals surface area contributed by atoms with Crippen molar-refractivity contribution >= 4 is 35.1 Å². The molecule has 0 spiro atoms. The highest BCUT2D eigenvalue weighted by molar-refractivity contribution is 7.05. The fraction of sp³-hybridized carbons (Fsp3) is 0.429. The molecule has 0 aliphatic rings. The first kappa shape index (κ1) is 11.9. The molecule has 15 heavy (non-hydrogen) atoms. The normalized spacial score (nSPS) is 9.73. The SMILES string of the molecule is Cc1nnsc1CNC(=O)NC(=O)CCl. The molecule has 1 aromatic rings. The van der Waals surface area contributed by atoms with Crippen LogP contribution < -0.4 is 10.6 Å². The minimum absolute atomic E-state index is 0.242. The molecule has 0 bridgehead atoms. The Labute approximate surface area is 95.2 Å². The Morgan fingerprint density at radius 1 is 1.53 bits per heavy atom. The summed E-state index contributed by atoms with van der Waals surface area (Å²) in [5.41, 5.74) is 0.768. The maximum atomic E-state index is 11.1. The molecule has 0 fully saturated rings. The van der Waals surface area contributed by atoms with Crippen LogP contribution in [0.4, 0.5) is 4.79 Å². The minimum Gasteiger partial charge on any atom is -0.333 e. The van der Waals surface area contributed by atoms with Crippen LogP contribution in [0.3, 0.4) is 0 Å². The number of carbonyl (C=O) groups is 2. The molecule has 0 unspecified atom stereocenters. The van der Waals surface area contributed by atoms with E-state index in [1.54, 1.807) is 6.92 Å². The molecule has 1 rings (SSSR count). The van der Waals surface area contributed by atoms with E-state index in [1.165, 1.54) is 11.5 Å². The third-order valence-electron chi connectivity index (χ3n) is 1.53. The molecule has 0 atom stereocenters. The number of alkyl halides is 1. The van der Waals surface area contributed by atoms with E-state index < -0.39 is 11.9 Å². The van der Waals surface area contributed by atoms with Crippen LogP contribution in [-0.4, -0.2) is 27.4 Å². The number of urea groups is 1. The lowest BCUT2D eigenvalue weighted by Gasteiger charge is -2.03. The zero-order valence-corrected chi connectivity index (χ0v) is 9.48. The van der Waals surface area contributed by atoms with Crippen LogP contribution in [0.25, 0.3) is 0 Å². The number of hydrogen-bond acceptors (Lipinski definition) is 5. The number of aryl methyl sites for hydroxylation is 1. The van der Waals surface area contributed by atoms with Gasteiger partial charge in [-0.15, -0.1) is 16.7 Å². The molecule has 3 amide bonds. The van der Waals surface area contributed by atoms with Crippen molar-refractivity contribution in [1.29, 1.82) is 0 Å². The lowest BCUT2D eigenvalue weighted by Crippen LogP contribution is -2.39. The molecule has 0 radical (unpaired) electrons. The Bertz CT molecular complexity index is 368. The highest BCUT2D eigenvalue weighted by atomic mass is 35.5. The number of halogens is 1. The van der Waals surface area contributed by atoms with Crippen molar-refractivity contribution in [3.63, 3.8) is 0 Å². The van der Waals surface area contributed by atoms with Gasteiger partial charge in [0.15, 0.2) is 0 Å². The van der Waals surface area contributed by atoms with E-state index in [9.17, 15) is 9.59 Å². The monoisotopic (exact) mass is 248 g/mol. The van der Waals surface area contributed by atoms with Crippen molar-refractivity contribution in [3.05, 3.63) is 10.6 Å². The van der Waals surface area contributed by atoms with Crippen molar-refractivity contribution in [2.75, 3.05) is 5.88 Å². The maximum absolute atomic E-state index is 11.1. The topological polar surface area (TPSA) is 84.0 Å². The Kier molecular flexibility index (Phi) is 4.44. The van der Waals surface area contributed by atoms with E-state index in [0.29, 0.717) is 6.54 Å². The highest BCUT2D eigenvalue weighted by Crippen LogP contribution is 2.07. The van der Waals surface area contributed by atoms with Crippen LogP contribution in [0.15, 0.2) is 0 Å². The smallest absolute Gasteiger partial charge is 0.321 e. The van der Waals surface area contributed by atoms with Crippen molar-refractivity contribution in [1.82, 2.24) is 20.2 Å². The Morgan fingerprint density at radius 2 is 2.27 bits per heavy atom. The van der Waals surface area contributed by atoms with Gasteiger partial charge >= 0.3 is 6.03 Å². The lowest BCUT2D eigenvalue weighted by atomic mass is 10.4. The molecule has 1 heterocycles. The molecular formula is C7H9ClN4O2S. The molecule has 2 N–H and O–H groups in total. The molecule has 6 nitrogen and oxygen atoms in total. The van der Waals surface area contributed by atoms with Crippen LogP contribution in [0.1, 0.15) is 10.6 Å². The second-order valence-corrected chi connectivity index (χ2v) is 3.75. The van der Waals surface area contributed by atoms with E-state index in [4.69, 9.17) is 11.6 Å². The van der Waals surface area contributed by atoms with Gasteiger partial charge < -0.3 is 5.32 Å². The summed E-state index contributed by atoms with van der Waals surface area (Å²) in [6, 6.07) is -0.576. The third kappa shape index (κ3) is 3.80. The first-order valence-electron chi connectivity index (χ1n) is 4.05. The van der Waals surface area contributed by atoms with Gasteiger partial charge in [0.05, 0.1) is 17.1 Å². The number of nitrogens with one attached hydrogen (secondary N) is 2. The van der Waals surface area contributed by atoms with E-state index >= 15 is 0 Å². The fourth-order valence-electron chi connectivity index (χ4n) is 0.778. The molecule has 0 aliphatic heterocycles. The Balaban J connectivity index is 2.35. The predicted molar refractivity (Wildman–Crippen MR) is 55.7 cm³/mol. The number of imide groups is 1. The van der Waals surface area contributed by atoms with Crippen LogP contribution in [0.5, 0.6) is 0 Å². The molecule has 0 aromatic carbocycles. The molecule has 82 valence electrons. The van der Waals surface area contributed by atoms with Gasteiger partial charge in [0, 0.05) is 0 Å². The summed E-state index contributed by atoms with van der Waals surface area (Å²) >= 11 is 6.41. The summed E-state index contributed by atoms with van der Waals surface area (Å²) in [5, 5.41) is 8.33. The van der Waals surface area contributed by atoms with Gasteiger partial charge in [-0.2, -0.15) is 0 Å². The highest BCUT2D eigenvalue weighted by Gasteiger charge is 2.07. The van der Waals surface area contributed by atoms with E-state index in [1.807, 2.05) is 0 Å². The van der Waals surface area contributed by atoms with E-state index in [-0.39, 0.29) is 5.88 Å². The third-order valence-corrected chi connectivity index (χ3v) is 2.60. The number of carbonyl (C=O) groups excluding carboxylic acids is 2. The van der Waals surface area contributed by atoms with Crippen molar-refractivity contribution in [3.8, 4) is 0 Å². The lowest BCUT2D eigenvalue weighted by molar-refractivity contribution is -0.117. The largest absolute Gasteiger partial charge is 0.333 e. The van der Waals surface area contributed by atoms with E-state index in [2.05, 4.69) is 20.2 Å². The summed E-state index contributed by atoms with van der Waals surface area (Å²) in [6.45, 7) is 2.09. The van der Waals surface area contributed by atoms with Gasteiger partial charge in [0.25, 0.3) is 0 Å². The average Bonchev–Trinajstić information content (AvgIpc) is 2.61. The van der Waals surface area contributed by atoms with Gasteiger partial charge in [-0.1, -0.05) is 4.49 Å². The van der Waals surface area contributed by atoms with E-state index in [0.717, 1.165) is 10.6 Å². The molecule has 8 heteroatoms. The molecule has 1 aromatic heterocycles. The summed E-state index contributed by atoms with van der Waals surface area (Å²) < 4.78 is 3.71. The van der Waals surface area contributed by atoms with Crippen LogP contribution in [0, 0.1) is 6.92 Å². The zero-order valence-electron chi connectivity index (χ0n) is 7.91. The molecule has 0 saturated heterocycles. The summed E-state index contributed by atoms with van der Waals surface area (Å²) in [4.78, 5) is 22.7. The van der Waals surface area contributed by atoms with Gasteiger partial charge in [0.1, 0.15) is 5.88 Å². The van der Waals surface area contributed by atoms with Crippen LogP contribution >= 0.6 is 23.1 Å². The number of hydrogen-bond donors (Lipinski definition) is 2. The molecule has 0 aliphatic carbocycles. The second kappa shape index (κ2) is 5.62. The van der Waals surface area contributed by atoms with Gasteiger partial charge in [-0.3, -0.25) is 10.1 Å². The number of nitrogens with zero attached hydrogens (tertiary/aromatic N) is 2. The fourth-order valence-corrected chi connectivity index (χ4v) is 1.42. The van der Waals surface area contributed by atoms with Crippen LogP contribution in [-0.2, 0) is 11.3 Å². The van der Waals surface area contributed by atoms with Gasteiger partial charge in [-0.05, 0) is 18.5 Å². The Morgan fingerprint density at radius 3 is 2.80 bits per heavy atom. The Hall–Kier alpha value is -1.21. The average molecular weight is 249 g/mol. The number of aromatic nitrogens is 2. The van der Waals surface area contributed by atoms with Crippen LogP contribution in [0.2, 0.25) is 0 Å². The second-order valence-electron chi connectivity index (χ2n) is 2.65. The van der Waals surface area contributed by atoms with Gasteiger partial charge in [0.2, 0.25) is 5.91 Å². The summed E-state index contributed by atoms with van der Waals surface area (Å²) in [5.74, 6) is -0.775. The van der Waals surface area contributed by atoms with Gasteiger partial charge in [-0.25, -0.2) is 4.79 Å². The van der Waals surface area contributed by atoms with Crippen molar-refractivity contribution < 1.29 is 9.59 Å². The quantitative estimate of drug-likeness (QED) is 0.759. The maximum Gasteiger partial charge on any atom is 0.321 e. The summed E-state index contributed by atoms with van der Waals surface area (Å²) in [6.07, 6.45) is 0. The first-order valence-corrected chi connectivity index (χ1v) is 5.35. The van der Waals surface area contributed by atoms with Crippen molar-refractivity contribution in [2.24, 2.45) is 0 Å².